The molecule has 96 valence electrons. The fourth-order valence-electron chi connectivity index (χ4n) is 1.72. The molecular weight excluding hydrogens is 312 g/mol. The van der Waals surface area contributed by atoms with Crippen LogP contribution in [0.1, 0.15) is 18.9 Å². The number of hydrogen-bond acceptors (Lipinski definition) is 5. The molecule has 0 amide bonds. The van der Waals surface area contributed by atoms with Crippen LogP contribution in [0.2, 0.25) is 0 Å². The van der Waals surface area contributed by atoms with Gasteiger partial charge in [0.25, 0.3) is 0 Å². The molecule has 2 heterocycles. The van der Waals surface area contributed by atoms with Gasteiger partial charge in [-0.15, -0.1) is 11.3 Å². The van der Waals surface area contributed by atoms with E-state index < -0.39 is 0 Å². The van der Waals surface area contributed by atoms with Crippen molar-refractivity contribution in [3.63, 3.8) is 0 Å². The molecule has 0 radical (unpaired) electrons. The van der Waals surface area contributed by atoms with E-state index in [1.807, 2.05) is 11.6 Å². The van der Waals surface area contributed by atoms with E-state index in [1.165, 1.54) is 0 Å². The molecule has 0 saturated carbocycles. The third kappa shape index (κ3) is 3.26. The van der Waals surface area contributed by atoms with Gasteiger partial charge in [-0.2, -0.15) is 0 Å². The monoisotopic (exact) mass is 326 g/mol. The summed E-state index contributed by atoms with van der Waals surface area (Å²) in [5, 5.41) is 3.17. The first kappa shape index (κ1) is 13.4. The molecule has 2 rings (SSSR count). The van der Waals surface area contributed by atoms with E-state index in [1.54, 1.807) is 23.9 Å². The van der Waals surface area contributed by atoms with Gasteiger partial charge in [0.1, 0.15) is 12.1 Å². The summed E-state index contributed by atoms with van der Waals surface area (Å²) in [7, 11) is 0. The van der Waals surface area contributed by atoms with E-state index in [2.05, 4.69) is 49.6 Å². The van der Waals surface area contributed by atoms with E-state index in [4.69, 9.17) is 0 Å². The Bertz CT molecular complexity index is 487. The molecule has 0 atom stereocenters. The molecule has 18 heavy (non-hydrogen) atoms. The van der Waals surface area contributed by atoms with E-state index >= 15 is 0 Å². The number of nitrogens with zero attached hydrogens (tertiary/aromatic N) is 4. The zero-order valence-corrected chi connectivity index (χ0v) is 12.8. The molecule has 0 fully saturated rings. The fourth-order valence-corrected chi connectivity index (χ4v) is 2.78. The number of thiazole rings is 1. The fraction of sp³-hybridized carbons (Fsp3) is 0.417. The molecule has 0 aliphatic rings. The number of hydrogen-bond donors (Lipinski definition) is 0. The third-order valence-corrected chi connectivity index (χ3v) is 3.99. The van der Waals surface area contributed by atoms with Gasteiger partial charge in [-0.3, -0.25) is 0 Å². The lowest BCUT2D eigenvalue weighted by Gasteiger charge is -2.28. The minimum Gasteiger partial charge on any atom is -0.353 e. The van der Waals surface area contributed by atoms with Crippen LogP contribution in [0.15, 0.2) is 28.6 Å². The molecule has 2 aromatic heterocycles. The Balaban J connectivity index is 2.11. The molecule has 4 nitrogen and oxygen atoms in total. The molecule has 0 spiro atoms. The third-order valence-electron chi connectivity index (χ3n) is 2.59. The minimum absolute atomic E-state index is 0.385. The topological polar surface area (TPSA) is 41.9 Å². The summed E-state index contributed by atoms with van der Waals surface area (Å²) in [6, 6.07) is 0.385. The van der Waals surface area contributed by atoms with Gasteiger partial charge in [-0.25, -0.2) is 15.0 Å². The van der Waals surface area contributed by atoms with Crippen molar-refractivity contribution >= 4 is 33.1 Å². The van der Waals surface area contributed by atoms with Crippen molar-refractivity contribution in [3.8, 4) is 0 Å². The molecule has 2 aromatic rings. The highest BCUT2D eigenvalue weighted by Gasteiger charge is 2.15. The second-order valence-corrected chi connectivity index (χ2v) is 5.99. The molecule has 0 N–H and O–H groups in total. The first-order valence-electron chi connectivity index (χ1n) is 5.79. The van der Waals surface area contributed by atoms with Crippen molar-refractivity contribution in [2.24, 2.45) is 0 Å². The lowest BCUT2D eigenvalue weighted by atomic mass is 10.3. The van der Waals surface area contributed by atoms with E-state index in [0.29, 0.717) is 6.04 Å². The average Bonchev–Trinajstić information content (AvgIpc) is 2.84. The maximum absolute atomic E-state index is 4.35. The smallest absolute Gasteiger partial charge is 0.146 e. The average molecular weight is 327 g/mol. The zero-order valence-electron chi connectivity index (χ0n) is 10.4. The zero-order chi connectivity index (χ0) is 13.0. The molecule has 0 aliphatic carbocycles. The maximum Gasteiger partial charge on any atom is 0.146 e. The molecule has 0 aromatic carbocycles. The van der Waals surface area contributed by atoms with Crippen molar-refractivity contribution in [3.05, 3.63) is 33.6 Å². The van der Waals surface area contributed by atoms with Crippen LogP contribution in [0.3, 0.4) is 0 Å². The van der Waals surface area contributed by atoms with Crippen molar-refractivity contribution in [1.82, 2.24) is 15.0 Å². The van der Waals surface area contributed by atoms with Gasteiger partial charge in [0.05, 0.1) is 9.48 Å². The first-order valence-corrected chi connectivity index (χ1v) is 7.46. The van der Waals surface area contributed by atoms with Crippen molar-refractivity contribution < 1.29 is 0 Å². The highest BCUT2D eigenvalue weighted by atomic mass is 79.9. The molecular formula is C12H15BrN4S. The second-order valence-electron chi connectivity index (χ2n) is 4.16. The Hall–Kier alpha value is -1.01. The second kappa shape index (κ2) is 6.24. The summed E-state index contributed by atoms with van der Waals surface area (Å²) in [4.78, 5) is 14.9. The molecule has 0 saturated heterocycles. The highest BCUT2D eigenvalue weighted by Crippen LogP contribution is 2.24. The van der Waals surface area contributed by atoms with Crippen LogP contribution in [0.5, 0.6) is 0 Å². The van der Waals surface area contributed by atoms with Gasteiger partial charge in [0, 0.05) is 36.8 Å². The standard InChI is InChI=1S/C12H15BrN4S/c1-9(2)17(5-3-11-15-4-6-18-11)12-10(13)7-14-8-16-12/h4,6-9H,3,5H2,1-2H3. The van der Waals surface area contributed by atoms with Gasteiger partial charge in [-0.05, 0) is 29.8 Å². The number of halogens is 1. The Morgan fingerprint density at radius 2 is 2.22 bits per heavy atom. The van der Waals surface area contributed by atoms with Gasteiger partial charge < -0.3 is 4.90 Å². The Morgan fingerprint density at radius 3 is 2.83 bits per heavy atom. The quantitative estimate of drug-likeness (QED) is 0.846. The predicted molar refractivity (Wildman–Crippen MR) is 78.0 cm³/mol. The lowest BCUT2D eigenvalue weighted by molar-refractivity contribution is 0.665. The van der Waals surface area contributed by atoms with Crippen LogP contribution in [0.4, 0.5) is 5.82 Å². The van der Waals surface area contributed by atoms with Crippen LogP contribution in [0.25, 0.3) is 0 Å². The van der Waals surface area contributed by atoms with E-state index in [-0.39, 0.29) is 0 Å². The van der Waals surface area contributed by atoms with Gasteiger partial charge in [0.15, 0.2) is 0 Å². The summed E-state index contributed by atoms with van der Waals surface area (Å²) in [5.74, 6) is 0.941. The van der Waals surface area contributed by atoms with Crippen LogP contribution < -0.4 is 4.90 Å². The first-order chi connectivity index (χ1) is 8.68. The van der Waals surface area contributed by atoms with E-state index in [9.17, 15) is 0 Å². The number of aromatic nitrogens is 3. The summed E-state index contributed by atoms with van der Waals surface area (Å²) < 4.78 is 0.929. The maximum atomic E-state index is 4.35. The van der Waals surface area contributed by atoms with Crippen molar-refractivity contribution in [2.75, 3.05) is 11.4 Å². The van der Waals surface area contributed by atoms with E-state index in [0.717, 1.165) is 28.3 Å². The van der Waals surface area contributed by atoms with Crippen molar-refractivity contribution in [2.45, 2.75) is 26.3 Å². The van der Waals surface area contributed by atoms with Gasteiger partial charge >= 0.3 is 0 Å². The molecule has 0 unspecified atom stereocenters. The summed E-state index contributed by atoms with van der Waals surface area (Å²) in [6.45, 7) is 5.23. The van der Waals surface area contributed by atoms with Crippen LogP contribution in [-0.4, -0.2) is 27.5 Å². The van der Waals surface area contributed by atoms with Crippen LogP contribution in [0, 0.1) is 0 Å². The van der Waals surface area contributed by atoms with Crippen LogP contribution in [-0.2, 0) is 6.42 Å². The van der Waals surface area contributed by atoms with Crippen molar-refractivity contribution in [1.29, 1.82) is 0 Å². The molecule has 6 heteroatoms. The molecule has 0 bridgehead atoms. The lowest BCUT2D eigenvalue weighted by Crippen LogP contribution is -2.33. The van der Waals surface area contributed by atoms with Gasteiger partial charge in [-0.1, -0.05) is 0 Å². The van der Waals surface area contributed by atoms with Crippen LogP contribution >= 0.6 is 27.3 Å². The molecule has 0 aliphatic heterocycles. The predicted octanol–water partition coefficient (Wildman–Crippen LogP) is 3.15. The number of rotatable bonds is 5. The SMILES string of the molecule is CC(C)N(CCc1nccs1)c1ncncc1Br. The normalized spacial score (nSPS) is 10.9. The summed E-state index contributed by atoms with van der Waals surface area (Å²) in [6.07, 6.45) is 6.15. The van der Waals surface area contributed by atoms with Gasteiger partial charge in [0.2, 0.25) is 0 Å². The minimum atomic E-state index is 0.385. The highest BCUT2D eigenvalue weighted by molar-refractivity contribution is 9.10. The summed E-state index contributed by atoms with van der Waals surface area (Å²) >= 11 is 5.20. The Morgan fingerprint density at radius 1 is 1.39 bits per heavy atom. The Labute approximate surface area is 119 Å². The number of anilines is 1. The Kier molecular flexibility index (Phi) is 4.66. The largest absolute Gasteiger partial charge is 0.353 e. The summed E-state index contributed by atoms with van der Waals surface area (Å²) in [5.41, 5.74) is 0.